The van der Waals surface area contributed by atoms with Crippen molar-refractivity contribution < 1.29 is 4.39 Å². The van der Waals surface area contributed by atoms with E-state index in [4.69, 9.17) is 10.7 Å². The van der Waals surface area contributed by atoms with Crippen molar-refractivity contribution >= 4 is 5.69 Å². The number of pyridine rings is 1. The molecule has 29 heavy (non-hydrogen) atoms. The number of aryl methyl sites for hydroxylation is 2. The minimum atomic E-state index is -0.232. The van der Waals surface area contributed by atoms with Crippen LogP contribution in [0.2, 0.25) is 0 Å². The van der Waals surface area contributed by atoms with Gasteiger partial charge in [-0.1, -0.05) is 55.7 Å². The van der Waals surface area contributed by atoms with Gasteiger partial charge in [-0.2, -0.15) is 0 Å². The molecule has 2 nitrogen and oxygen atoms in total. The summed E-state index contributed by atoms with van der Waals surface area (Å²) in [6.45, 7) is 4.32. The fourth-order valence-corrected chi connectivity index (χ4v) is 4.51. The van der Waals surface area contributed by atoms with Crippen LogP contribution in [-0.2, 0) is 12.8 Å². The lowest BCUT2D eigenvalue weighted by Crippen LogP contribution is -2.07. The standard InChI is InChI=1S/C26H29FN2/c1-3-18-12-17(2)13-19(14-18)15-25-26(28)23(20-8-10-22(27)11-9-20)16-24(29-25)21-6-4-5-7-21/h8-14,16,21H,3-7,15,28H2,1-2H3. The topological polar surface area (TPSA) is 38.9 Å². The van der Waals surface area contributed by atoms with Crippen molar-refractivity contribution in [2.45, 2.75) is 58.3 Å². The number of hydrogen-bond acceptors (Lipinski definition) is 2. The second-order valence-corrected chi connectivity index (χ2v) is 8.30. The molecule has 1 aliphatic carbocycles. The van der Waals surface area contributed by atoms with Gasteiger partial charge >= 0.3 is 0 Å². The van der Waals surface area contributed by atoms with Crippen LogP contribution in [0.5, 0.6) is 0 Å². The first-order valence-electron chi connectivity index (χ1n) is 10.7. The van der Waals surface area contributed by atoms with E-state index in [0.717, 1.165) is 35.4 Å². The van der Waals surface area contributed by atoms with Crippen LogP contribution in [-0.4, -0.2) is 4.98 Å². The third-order valence-corrected chi connectivity index (χ3v) is 6.06. The Morgan fingerprint density at radius 2 is 1.69 bits per heavy atom. The molecule has 0 bridgehead atoms. The second-order valence-electron chi connectivity index (χ2n) is 8.30. The quantitative estimate of drug-likeness (QED) is 0.535. The van der Waals surface area contributed by atoms with Gasteiger partial charge in [0.25, 0.3) is 0 Å². The first kappa shape index (κ1) is 19.6. The van der Waals surface area contributed by atoms with Gasteiger partial charge in [-0.05, 0) is 61.1 Å². The number of anilines is 1. The molecule has 3 aromatic rings. The van der Waals surface area contributed by atoms with Gasteiger partial charge in [-0.15, -0.1) is 0 Å². The van der Waals surface area contributed by atoms with Crippen LogP contribution in [0.15, 0.2) is 48.5 Å². The number of nitrogens with two attached hydrogens (primary N) is 1. The molecule has 2 aromatic carbocycles. The lowest BCUT2D eigenvalue weighted by atomic mass is 9.94. The molecule has 0 saturated heterocycles. The summed E-state index contributed by atoms with van der Waals surface area (Å²) < 4.78 is 13.5. The van der Waals surface area contributed by atoms with Crippen LogP contribution in [0.25, 0.3) is 11.1 Å². The van der Waals surface area contributed by atoms with E-state index in [1.54, 1.807) is 0 Å². The molecule has 1 fully saturated rings. The van der Waals surface area contributed by atoms with E-state index in [9.17, 15) is 4.39 Å². The highest BCUT2D eigenvalue weighted by Crippen LogP contribution is 2.38. The SMILES string of the molecule is CCc1cc(C)cc(Cc2nc(C3CCCC3)cc(-c3ccc(F)cc3)c2N)c1. The summed E-state index contributed by atoms with van der Waals surface area (Å²) in [5, 5.41) is 0. The molecular formula is C26H29FN2. The first-order chi connectivity index (χ1) is 14.0. The molecule has 0 unspecified atom stereocenters. The molecular weight excluding hydrogens is 359 g/mol. The lowest BCUT2D eigenvalue weighted by molar-refractivity contribution is 0.628. The number of hydrogen-bond donors (Lipinski definition) is 1. The Morgan fingerprint density at radius 3 is 2.38 bits per heavy atom. The van der Waals surface area contributed by atoms with Gasteiger partial charge in [0.1, 0.15) is 5.82 Å². The van der Waals surface area contributed by atoms with Crippen LogP contribution < -0.4 is 5.73 Å². The van der Waals surface area contributed by atoms with Crippen LogP contribution >= 0.6 is 0 Å². The van der Waals surface area contributed by atoms with Gasteiger partial charge in [-0.25, -0.2) is 4.39 Å². The molecule has 0 spiro atoms. The molecule has 1 aliphatic rings. The van der Waals surface area contributed by atoms with E-state index in [2.05, 4.69) is 38.1 Å². The van der Waals surface area contributed by atoms with Gasteiger partial charge in [-0.3, -0.25) is 4.98 Å². The Balaban J connectivity index is 1.79. The highest BCUT2D eigenvalue weighted by molar-refractivity contribution is 5.78. The maximum Gasteiger partial charge on any atom is 0.123 e. The Morgan fingerprint density at radius 1 is 1.00 bits per heavy atom. The number of aromatic nitrogens is 1. The molecule has 3 heteroatoms. The van der Waals surface area contributed by atoms with Crippen molar-refractivity contribution in [3.63, 3.8) is 0 Å². The molecule has 1 aromatic heterocycles. The number of halogens is 1. The number of nitrogens with zero attached hydrogens (tertiary/aromatic N) is 1. The number of nitrogen functional groups attached to an aromatic ring is 1. The predicted molar refractivity (Wildman–Crippen MR) is 119 cm³/mol. The molecule has 0 atom stereocenters. The smallest absolute Gasteiger partial charge is 0.123 e. The Bertz CT molecular complexity index is 1000. The molecule has 4 rings (SSSR count). The molecule has 0 aliphatic heterocycles. The van der Waals surface area contributed by atoms with Crippen LogP contribution in [0.3, 0.4) is 0 Å². The summed E-state index contributed by atoms with van der Waals surface area (Å²) in [6, 6.07) is 15.5. The average molecular weight is 389 g/mol. The zero-order valence-electron chi connectivity index (χ0n) is 17.3. The van der Waals surface area contributed by atoms with Gasteiger partial charge in [0.05, 0.1) is 11.4 Å². The Labute approximate surface area is 173 Å². The van der Waals surface area contributed by atoms with Crippen molar-refractivity contribution in [1.29, 1.82) is 0 Å². The maximum absolute atomic E-state index is 13.5. The Hall–Kier alpha value is -2.68. The van der Waals surface area contributed by atoms with Crippen molar-refractivity contribution in [2.75, 3.05) is 5.73 Å². The van der Waals surface area contributed by atoms with Crippen LogP contribution in [0.4, 0.5) is 10.1 Å². The summed E-state index contributed by atoms with van der Waals surface area (Å²) in [5.41, 5.74) is 15.2. The number of rotatable bonds is 5. The van der Waals surface area contributed by atoms with Crippen molar-refractivity contribution in [3.8, 4) is 11.1 Å². The van der Waals surface area contributed by atoms with E-state index >= 15 is 0 Å². The minimum absolute atomic E-state index is 0.232. The summed E-state index contributed by atoms with van der Waals surface area (Å²) in [7, 11) is 0. The van der Waals surface area contributed by atoms with Gasteiger partial charge in [0.2, 0.25) is 0 Å². The Kier molecular flexibility index (Phi) is 5.66. The monoisotopic (exact) mass is 388 g/mol. The molecule has 1 heterocycles. The zero-order valence-corrected chi connectivity index (χ0v) is 17.3. The minimum Gasteiger partial charge on any atom is -0.397 e. The molecule has 150 valence electrons. The van der Waals surface area contributed by atoms with Crippen LogP contribution in [0.1, 0.15) is 66.6 Å². The third-order valence-electron chi connectivity index (χ3n) is 6.06. The summed E-state index contributed by atoms with van der Waals surface area (Å²) >= 11 is 0. The van der Waals surface area contributed by atoms with E-state index in [1.807, 2.05) is 12.1 Å². The highest BCUT2D eigenvalue weighted by atomic mass is 19.1. The van der Waals surface area contributed by atoms with E-state index in [1.165, 1.54) is 54.5 Å². The molecule has 1 saturated carbocycles. The number of benzene rings is 2. The van der Waals surface area contributed by atoms with E-state index in [-0.39, 0.29) is 5.82 Å². The van der Waals surface area contributed by atoms with Gasteiger partial charge in [0, 0.05) is 23.6 Å². The van der Waals surface area contributed by atoms with Crippen molar-refractivity contribution in [2.24, 2.45) is 0 Å². The van der Waals surface area contributed by atoms with Crippen molar-refractivity contribution in [1.82, 2.24) is 4.98 Å². The molecule has 0 amide bonds. The normalized spacial score (nSPS) is 14.4. The predicted octanol–water partition coefficient (Wildman–Crippen LogP) is 6.59. The van der Waals surface area contributed by atoms with Gasteiger partial charge < -0.3 is 5.73 Å². The van der Waals surface area contributed by atoms with Crippen LogP contribution in [0, 0.1) is 12.7 Å². The fourth-order valence-electron chi connectivity index (χ4n) is 4.51. The maximum atomic E-state index is 13.5. The lowest BCUT2D eigenvalue weighted by Gasteiger charge is -2.17. The average Bonchev–Trinajstić information content (AvgIpc) is 3.25. The molecule has 0 radical (unpaired) electrons. The summed E-state index contributed by atoms with van der Waals surface area (Å²) in [5.74, 6) is 0.265. The largest absolute Gasteiger partial charge is 0.397 e. The first-order valence-corrected chi connectivity index (χ1v) is 10.7. The fraction of sp³-hybridized carbons (Fsp3) is 0.346. The van der Waals surface area contributed by atoms with Gasteiger partial charge in [0.15, 0.2) is 0 Å². The van der Waals surface area contributed by atoms with E-state index in [0.29, 0.717) is 11.6 Å². The highest BCUT2D eigenvalue weighted by Gasteiger charge is 2.22. The zero-order chi connectivity index (χ0) is 20.4. The molecule has 2 N–H and O–H groups in total. The second kappa shape index (κ2) is 8.36. The summed E-state index contributed by atoms with van der Waals surface area (Å²) in [6.07, 6.45) is 6.62. The van der Waals surface area contributed by atoms with Crippen molar-refractivity contribution in [3.05, 3.63) is 82.4 Å². The third kappa shape index (κ3) is 4.34. The van der Waals surface area contributed by atoms with E-state index < -0.39 is 0 Å². The summed E-state index contributed by atoms with van der Waals surface area (Å²) in [4.78, 5) is 5.04.